The minimum absolute atomic E-state index is 0. The van der Waals surface area contributed by atoms with Gasteiger partial charge in [-0.25, -0.2) is 4.79 Å². The first kappa shape index (κ1) is 25.2. The van der Waals surface area contributed by atoms with Crippen molar-refractivity contribution in [3.05, 3.63) is 0 Å². The number of nitrogens with one attached hydrogen (secondary N) is 1. The van der Waals surface area contributed by atoms with Gasteiger partial charge in [-0.2, -0.15) is 0 Å². The summed E-state index contributed by atoms with van der Waals surface area (Å²) in [5.74, 6) is 1.49. The lowest BCUT2D eigenvalue weighted by molar-refractivity contribution is 0.0914. The molecule has 2 fully saturated rings. The summed E-state index contributed by atoms with van der Waals surface area (Å²) in [6.45, 7) is 17.0. The van der Waals surface area contributed by atoms with Crippen LogP contribution in [0.2, 0.25) is 0 Å². The van der Waals surface area contributed by atoms with E-state index in [2.05, 4.69) is 40.9 Å². The second-order valence-corrected chi connectivity index (χ2v) is 7.58. The SMILES string of the molecule is CCNC(=NCC(C)CN1CCN(C)CC1)N1CCN(C(=O)OCC)CC1.I. The molecular weight excluding hydrogens is 471 g/mol. The van der Waals surface area contributed by atoms with Crippen LogP contribution < -0.4 is 5.32 Å². The van der Waals surface area contributed by atoms with Gasteiger partial charge in [0.1, 0.15) is 0 Å². The lowest BCUT2D eigenvalue weighted by Gasteiger charge is -2.36. The zero-order chi connectivity index (χ0) is 19.6. The van der Waals surface area contributed by atoms with Crippen LogP contribution >= 0.6 is 24.0 Å². The first-order valence-electron chi connectivity index (χ1n) is 10.4. The largest absolute Gasteiger partial charge is 0.450 e. The average molecular weight is 510 g/mol. The highest BCUT2D eigenvalue weighted by atomic mass is 127. The van der Waals surface area contributed by atoms with Crippen LogP contribution in [0.4, 0.5) is 4.79 Å². The predicted octanol–water partition coefficient (Wildman–Crippen LogP) is 1.23. The number of hydrogen-bond donors (Lipinski definition) is 1. The number of amides is 1. The average Bonchev–Trinajstić information content (AvgIpc) is 2.67. The lowest BCUT2D eigenvalue weighted by Crippen LogP contribution is -2.54. The van der Waals surface area contributed by atoms with E-state index in [1.165, 1.54) is 0 Å². The van der Waals surface area contributed by atoms with Crippen LogP contribution in [0.25, 0.3) is 0 Å². The second-order valence-electron chi connectivity index (χ2n) is 7.58. The van der Waals surface area contributed by atoms with Crippen molar-refractivity contribution in [1.82, 2.24) is 24.9 Å². The van der Waals surface area contributed by atoms with Gasteiger partial charge in [0.2, 0.25) is 0 Å². The van der Waals surface area contributed by atoms with Gasteiger partial charge in [0.15, 0.2) is 5.96 Å². The smallest absolute Gasteiger partial charge is 0.409 e. The molecule has 2 saturated heterocycles. The molecule has 2 aliphatic rings. The molecule has 1 unspecified atom stereocenters. The highest BCUT2D eigenvalue weighted by molar-refractivity contribution is 14.0. The number of piperazine rings is 2. The van der Waals surface area contributed by atoms with Crippen molar-refractivity contribution < 1.29 is 9.53 Å². The number of aliphatic imine (C=N–C) groups is 1. The van der Waals surface area contributed by atoms with Crippen LogP contribution in [0.15, 0.2) is 4.99 Å². The quantitative estimate of drug-likeness (QED) is 0.330. The molecule has 2 rings (SSSR count). The Balaban J connectivity index is 0.00000392. The first-order valence-corrected chi connectivity index (χ1v) is 10.4. The molecule has 0 aliphatic carbocycles. The van der Waals surface area contributed by atoms with Crippen molar-refractivity contribution in [2.24, 2.45) is 10.9 Å². The summed E-state index contributed by atoms with van der Waals surface area (Å²) in [7, 11) is 2.19. The number of carbonyl (C=O) groups is 1. The number of likely N-dealkylation sites (N-methyl/N-ethyl adjacent to an activating group) is 1. The van der Waals surface area contributed by atoms with E-state index in [1.807, 2.05) is 6.92 Å². The van der Waals surface area contributed by atoms with Crippen molar-refractivity contribution in [2.45, 2.75) is 20.8 Å². The topological polar surface area (TPSA) is 63.7 Å². The number of rotatable bonds is 6. The number of nitrogens with zero attached hydrogens (tertiary/aromatic N) is 5. The van der Waals surface area contributed by atoms with Gasteiger partial charge in [-0.05, 0) is 26.8 Å². The predicted molar refractivity (Wildman–Crippen MR) is 125 cm³/mol. The monoisotopic (exact) mass is 510 g/mol. The van der Waals surface area contributed by atoms with Gasteiger partial charge < -0.3 is 29.7 Å². The Labute approximate surface area is 187 Å². The molecular formula is C19H39IN6O2. The Hall–Kier alpha value is -0.810. The van der Waals surface area contributed by atoms with E-state index in [1.54, 1.807) is 4.90 Å². The van der Waals surface area contributed by atoms with Crippen LogP contribution in [0.3, 0.4) is 0 Å². The third kappa shape index (κ3) is 8.28. The lowest BCUT2D eigenvalue weighted by atomic mass is 10.1. The third-order valence-corrected chi connectivity index (χ3v) is 5.16. The molecule has 0 saturated carbocycles. The molecule has 164 valence electrons. The molecule has 1 atom stereocenters. The van der Waals surface area contributed by atoms with Gasteiger partial charge in [-0.1, -0.05) is 6.92 Å². The standard InChI is InChI=1S/C19H38N6O2.HI/c1-5-20-18(24-11-13-25(14-12-24)19(26)27-6-2)21-15-17(3)16-23-9-7-22(4)8-10-23;/h17H,5-16H2,1-4H3,(H,20,21);1H. The highest BCUT2D eigenvalue weighted by Crippen LogP contribution is 2.07. The summed E-state index contributed by atoms with van der Waals surface area (Å²) < 4.78 is 5.10. The molecule has 2 aliphatic heterocycles. The van der Waals surface area contributed by atoms with Gasteiger partial charge in [0, 0.05) is 72.0 Å². The normalized spacial score (nSPS) is 20.5. The first-order chi connectivity index (χ1) is 13.0. The number of hydrogen-bond acceptors (Lipinski definition) is 5. The fraction of sp³-hybridized carbons (Fsp3) is 0.895. The van der Waals surface area contributed by atoms with E-state index in [0.717, 1.165) is 64.9 Å². The maximum absolute atomic E-state index is 11.9. The molecule has 0 aromatic heterocycles. The molecule has 0 aromatic rings. The molecule has 28 heavy (non-hydrogen) atoms. The fourth-order valence-corrected chi connectivity index (χ4v) is 3.51. The summed E-state index contributed by atoms with van der Waals surface area (Å²) in [6, 6.07) is 0. The van der Waals surface area contributed by atoms with E-state index < -0.39 is 0 Å². The van der Waals surface area contributed by atoms with Crippen LogP contribution in [0.5, 0.6) is 0 Å². The van der Waals surface area contributed by atoms with Crippen LogP contribution in [0, 0.1) is 5.92 Å². The van der Waals surface area contributed by atoms with E-state index in [0.29, 0.717) is 25.6 Å². The molecule has 9 heteroatoms. The number of carbonyl (C=O) groups excluding carboxylic acids is 1. The summed E-state index contributed by atoms with van der Waals surface area (Å²) >= 11 is 0. The van der Waals surface area contributed by atoms with Gasteiger partial charge in [0.25, 0.3) is 0 Å². The molecule has 2 heterocycles. The van der Waals surface area contributed by atoms with Gasteiger partial charge in [-0.3, -0.25) is 4.99 Å². The van der Waals surface area contributed by atoms with Crippen LogP contribution in [-0.4, -0.2) is 117 Å². The van der Waals surface area contributed by atoms with Crippen molar-refractivity contribution in [3.63, 3.8) is 0 Å². The van der Waals surface area contributed by atoms with Gasteiger partial charge in [0.05, 0.1) is 6.61 Å². The molecule has 0 bridgehead atoms. The van der Waals surface area contributed by atoms with Crippen LogP contribution in [-0.2, 0) is 4.74 Å². The maximum Gasteiger partial charge on any atom is 0.409 e. The second kappa shape index (κ2) is 13.4. The summed E-state index contributed by atoms with van der Waals surface area (Å²) in [6.07, 6.45) is -0.208. The Morgan fingerprint density at radius 3 is 2.21 bits per heavy atom. The molecule has 0 spiro atoms. The molecule has 0 radical (unpaired) electrons. The summed E-state index contributed by atoms with van der Waals surface area (Å²) in [4.78, 5) is 25.7. The molecule has 1 amide bonds. The van der Waals surface area contributed by atoms with E-state index in [-0.39, 0.29) is 30.1 Å². The molecule has 0 aromatic carbocycles. The zero-order valence-corrected chi connectivity index (χ0v) is 20.4. The fourth-order valence-electron chi connectivity index (χ4n) is 3.51. The zero-order valence-electron chi connectivity index (χ0n) is 18.0. The van der Waals surface area contributed by atoms with Crippen molar-refractivity contribution in [3.8, 4) is 0 Å². The van der Waals surface area contributed by atoms with E-state index in [9.17, 15) is 4.79 Å². The Morgan fingerprint density at radius 1 is 1.04 bits per heavy atom. The Bertz CT molecular complexity index is 477. The van der Waals surface area contributed by atoms with E-state index in [4.69, 9.17) is 9.73 Å². The Kier molecular flexibility index (Phi) is 12.1. The summed E-state index contributed by atoms with van der Waals surface area (Å²) in [5, 5.41) is 3.41. The Morgan fingerprint density at radius 2 is 1.64 bits per heavy atom. The highest BCUT2D eigenvalue weighted by Gasteiger charge is 2.24. The van der Waals surface area contributed by atoms with Crippen molar-refractivity contribution in [1.29, 1.82) is 0 Å². The van der Waals surface area contributed by atoms with Crippen LogP contribution in [0.1, 0.15) is 20.8 Å². The molecule has 1 N–H and O–H groups in total. The van der Waals surface area contributed by atoms with Crippen molar-refractivity contribution in [2.75, 3.05) is 85.6 Å². The number of guanidine groups is 1. The number of halogens is 1. The number of ether oxygens (including phenoxy) is 1. The van der Waals surface area contributed by atoms with Gasteiger partial charge in [-0.15, -0.1) is 24.0 Å². The summed E-state index contributed by atoms with van der Waals surface area (Å²) in [5.41, 5.74) is 0. The van der Waals surface area contributed by atoms with E-state index >= 15 is 0 Å². The minimum Gasteiger partial charge on any atom is -0.450 e. The van der Waals surface area contributed by atoms with Gasteiger partial charge >= 0.3 is 6.09 Å². The molecule has 8 nitrogen and oxygen atoms in total. The minimum atomic E-state index is -0.208. The van der Waals surface area contributed by atoms with Crippen molar-refractivity contribution >= 4 is 36.0 Å². The third-order valence-electron chi connectivity index (χ3n) is 5.16. The maximum atomic E-state index is 11.9.